The zero-order chi connectivity index (χ0) is 10.0. The first-order valence-electron chi connectivity index (χ1n) is 4.37. The second-order valence-electron chi connectivity index (χ2n) is 3.31. The first kappa shape index (κ1) is 9.78. The van der Waals surface area contributed by atoms with Crippen molar-refractivity contribution < 1.29 is 0 Å². The average molecular weight is 176 g/mol. The van der Waals surface area contributed by atoms with Crippen molar-refractivity contribution in [2.45, 2.75) is 20.8 Å². The fourth-order valence-electron chi connectivity index (χ4n) is 1.32. The molecule has 0 saturated carbocycles. The van der Waals surface area contributed by atoms with Crippen molar-refractivity contribution in [2.75, 3.05) is 0 Å². The molecule has 0 aromatic carbocycles. The van der Waals surface area contributed by atoms with Gasteiger partial charge in [0.15, 0.2) is 0 Å². The molecular formula is C11H16N2. The van der Waals surface area contributed by atoms with Crippen molar-refractivity contribution in [3.05, 3.63) is 35.7 Å². The Morgan fingerprint density at radius 2 is 2.15 bits per heavy atom. The van der Waals surface area contributed by atoms with Crippen LogP contribution < -0.4 is 0 Å². The number of allylic oxidation sites excluding steroid dienone is 3. The Bertz CT molecular complexity index is 356. The summed E-state index contributed by atoms with van der Waals surface area (Å²) >= 11 is 0. The van der Waals surface area contributed by atoms with E-state index in [0.717, 1.165) is 11.4 Å². The predicted octanol–water partition coefficient (Wildman–Crippen LogP) is 2.71. The van der Waals surface area contributed by atoms with Gasteiger partial charge < -0.3 is 0 Å². The van der Waals surface area contributed by atoms with Crippen LogP contribution in [0.4, 0.5) is 0 Å². The molecule has 0 aliphatic rings. The molecule has 0 N–H and O–H groups in total. The number of aryl methyl sites for hydroxylation is 2. The van der Waals surface area contributed by atoms with Gasteiger partial charge >= 0.3 is 0 Å². The van der Waals surface area contributed by atoms with Gasteiger partial charge in [-0.05, 0) is 38.0 Å². The fourth-order valence-corrected chi connectivity index (χ4v) is 1.32. The highest BCUT2D eigenvalue weighted by Crippen LogP contribution is 2.18. The van der Waals surface area contributed by atoms with Gasteiger partial charge in [0.05, 0.1) is 11.4 Å². The first-order chi connectivity index (χ1) is 6.06. The van der Waals surface area contributed by atoms with Crippen molar-refractivity contribution in [1.29, 1.82) is 0 Å². The summed E-state index contributed by atoms with van der Waals surface area (Å²) in [5.74, 6) is 0. The van der Waals surface area contributed by atoms with E-state index < -0.39 is 0 Å². The average Bonchev–Trinajstić information content (AvgIpc) is 2.42. The van der Waals surface area contributed by atoms with Crippen LogP contribution in [0, 0.1) is 6.92 Å². The van der Waals surface area contributed by atoms with Crippen LogP contribution in [0.15, 0.2) is 24.3 Å². The third-order valence-corrected chi connectivity index (χ3v) is 2.28. The smallest absolute Gasteiger partial charge is 0.0641 e. The maximum absolute atomic E-state index is 4.30. The van der Waals surface area contributed by atoms with Crippen LogP contribution in [0.3, 0.4) is 0 Å². The lowest BCUT2D eigenvalue weighted by atomic mass is 10.1. The summed E-state index contributed by atoms with van der Waals surface area (Å²) in [5.41, 5.74) is 4.64. The largest absolute Gasteiger partial charge is 0.268 e. The van der Waals surface area contributed by atoms with E-state index in [-0.39, 0.29) is 0 Å². The Labute approximate surface area is 79.6 Å². The minimum Gasteiger partial charge on any atom is -0.268 e. The summed E-state index contributed by atoms with van der Waals surface area (Å²) in [5, 5.41) is 4.30. The maximum atomic E-state index is 4.30. The highest BCUT2D eigenvalue weighted by molar-refractivity contribution is 5.66. The number of hydrogen-bond donors (Lipinski definition) is 0. The molecule has 1 heterocycles. The second kappa shape index (κ2) is 3.60. The molecule has 0 unspecified atom stereocenters. The van der Waals surface area contributed by atoms with Crippen LogP contribution in [0.1, 0.15) is 25.2 Å². The summed E-state index contributed by atoms with van der Waals surface area (Å²) in [4.78, 5) is 0. The van der Waals surface area contributed by atoms with Crippen LogP contribution in [0.5, 0.6) is 0 Å². The molecule has 0 bridgehead atoms. The molecule has 0 spiro atoms. The van der Waals surface area contributed by atoms with Gasteiger partial charge in [-0.3, -0.25) is 4.68 Å². The van der Waals surface area contributed by atoms with Gasteiger partial charge in [0.1, 0.15) is 0 Å². The second-order valence-corrected chi connectivity index (χ2v) is 3.31. The summed E-state index contributed by atoms with van der Waals surface area (Å²) in [7, 11) is 1.96. The van der Waals surface area contributed by atoms with Crippen LogP contribution in [0.25, 0.3) is 5.57 Å². The van der Waals surface area contributed by atoms with Gasteiger partial charge in [-0.15, -0.1) is 0 Å². The predicted molar refractivity (Wildman–Crippen MR) is 56.4 cm³/mol. The minimum absolute atomic E-state index is 1.05. The molecular weight excluding hydrogens is 160 g/mol. The molecule has 0 saturated heterocycles. The standard InChI is InChI=1S/C11H16N2/c1-6-8(2)10(4)11-7-9(3)12-13(11)5/h6-7H,1H2,2-5H3. The number of nitrogens with zero attached hydrogens (tertiary/aromatic N) is 2. The van der Waals surface area contributed by atoms with E-state index in [1.807, 2.05) is 24.7 Å². The molecule has 0 atom stereocenters. The normalized spacial score (nSPS) is 12.6. The Morgan fingerprint density at radius 1 is 1.54 bits per heavy atom. The molecule has 1 aromatic rings. The summed E-state index contributed by atoms with van der Waals surface area (Å²) in [6, 6.07) is 2.09. The van der Waals surface area contributed by atoms with E-state index in [4.69, 9.17) is 0 Å². The topological polar surface area (TPSA) is 17.8 Å². The minimum atomic E-state index is 1.05. The van der Waals surface area contributed by atoms with Crippen molar-refractivity contribution in [3.63, 3.8) is 0 Å². The van der Waals surface area contributed by atoms with Crippen LogP contribution in [-0.2, 0) is 7.05 Å². The van der Waals surface area contributed by atoms with Crippen molar-refractivity contribution >= 4 is 5.57 Å². The van der Waals surface area contributed by atoms with Crippen molar-refractivity contribution in [2.24, 2.45) is 7.05 Å². The van der Waals surface area contributed by atoms with Crippen LogP contribution in [0.2, 0.25) is 0 Å². The van der Waals surface area contributed by atoms with E-state index in [9.17, 15) is 0 Å². The number of aromatic nitrogens is 2. The molecule has 13 heavy (non-hydrogen) atoms. The SMILES string of the molecule is C=CC(C)=C(C)c1cc(C)nn1C. The Balaban J connectivity index is 3.22. The van der Waals surface area contributed by atoms with E-state index in [0.29, 0.717) is 0 Å². The van der Waals surface area contributed by atoms with Crippen molar-refractivity contribution in [3.8, 4) is 0 Å². The zero-order valence-corrected chi connectivity index (χ0v) is 8.76. The highest BCUT2D eigenvalue weighted by atomic mass is 15.3. The van der Waals surface area contributed by atoms with Gasteiger partial charge in [-0.2, -0.15) is 5.10 Å². The third-order valence-electron chi connectivity index (χ3n) is 2.28. The number of rotatable bonds is 2. The molecule has 2 heteroatoms. The monoisotopic (exact) mass is 176 g/mol. The fraction of sp³-hybridized carbons (Fsp3) is 0.364. The van der Waals surface area contributed by atoms with Crippen molar-refractivity contribution in [1.82, 2.24) is 9.78 Å². The molecule has 1 rings (SSSR count). The molecule has 70 valence electrons. The quantitative estimate of drug-likeness (QED) is 0.633. The summed E-state index contributed by atoms with van der Waals surface area (Å²) < 4.78 is 1.90. The lowest BCUT2D eigenvalue weighted by Gasteiger charge is -2.03. The molecule has 0 fully saturated rings. The van der Waals surface area contributed by atoms with Crippen LogP contribution in [-0.4, -0.2) is 9.78 Å². The lowest BCUT2D eigenvalue weighted by Crippen LogP contribution is -1.96. The van der Waals surface area contributed by atoms with E-state index >= 15 is 0 Å². The van der Waals surface area contributed by atoms with Gasteiger partial charge in [0.25, 0.3) is 0 Å². The molecule has 0 amide bonds. The molecule has 0 aliphatic heterocycles. The third kappa shape index (κ3) is 1.89. The summed E-state index contributed by atoms with van der Waals surface area (Å²) in [6.07, 6.45) is 1.87. The Hall–Kier alpha value is -1.31. The van der Waals surface area contributed by atoms with Crippen LogP contribution >= 0.6 is 0 Å². The Kier molecular flexibility index (Phi) is 2.71. The van der Waals surface area contributed by atoms with Gasteiger partial charge in [-0.25, -0.2) is 0 Å². The molecule has 0 aliphatic carbocycles. The first-order valence-corrected chi connectivity index (χ1v) is 4.37. The Morgan fingerprint density at radius 3 is 2.54 bits per heavy atom. The van der Waals surface area contributed by atoms with Gasteiger partial charge in [0, 0.05) is 7.05 Å². The maximum Gasteiger partial charge on any atom is 0.0641 e. The lowest BCUT2D eigenvalue weighted by molar-refractivity contribution is 0.745. The van der Waals surface area contributed by atoms with E-state index in [2.05, 4.69) is 31.6 Å². The molecule has 0 radical (unpaired) electrons. The number of hydrogen-bond acceptors (Lipinski definition) is 1. The van der Waals surface area contributed by atoms with Gasteiger partial charge in [-0.1, -0.05) is 12.7 Å². The summed E-state index contributed by atoms with van der Waals surface area (Å²) in [6.45, 7) is 9.91. The highest BCUT2D eigenvalue weighted by Gasteiger charge is 2.04. The zero-order valence-electron chi connectivity index (χ0n) is 8.76. The van der Waals surface area contributed by atoms with E-state index in [1.165, 1.54) is 11.1 Å². The van der Waals surface area contributed by atoms with Gasteiger partial charge in [0.2, 0.25) is 0 Å². The molecule has 2 nitrogen and oxygen atoms in total. The van der Waals surface area contributed by atoms with E-state index in [1.54, 1.807) is 0 Å². The molecule has 1 aromatic heterocycles.